The molecule has 0 spiro atoms. The van der Waals surface area contributed by atoms with E-state index in [-0.39, 0.29) is 17.6 Å². The number of ether oxygens (including phenoxy) is 1. The summed E-state index contributed by atoms with van der Waals surface area (Å²) in [5.74, 6) is -0.392. The Morgan fingerprint density at radius 2 is 2.11 bits per heavy atom. The van der Waals surface area contributed by atoms with Gasteiger partial charge in [-0.2, -0.15) is 0 Å². The number of fused-ring (bicyclic) bond motifs is 1. The second kappa shape index (κ2) is 5.60. The Morgan fingerprint density at radius 1 is 1.37 bits per heavy atom. The highest BCUT2D eigenvalue weighted by atomic mass is 16.5. The number of hydrogen-bond acceptors (Lipinski definition) is 4. The summed E-state index contributed by atoms with van der Waals surface area (Å²) in [5, 5.41) is 3.18. The van der Waals surface area contributed by atoms with Gasteiger partial charge in [-0.15, -0.1) is 0 Å². The number of carbonyl (C=O) groups is 1. The van der Waals surface area contributed by atoms with E-state index in [4.69, 9.17) is 4.74 Å². The Morgan fingerprint density at radius 3 is 2.79 bits per heavy atom. The fourth-order valence-electron chi connectivity index (χ4n) is 1.94. The van der Waals surface area contributed by atoms with Gasteiger partial charge in [0.1, 0.15) is 0 Å². The topological polar surface area (TPSA) is 87.0 Å². The molecule has 0 aliphatic heterocycles. The van der Waals surface area contributed by atoms with Crippen LogP contribution in [-0.4, -0.2) is 29.6 Å². The highest BCUT2D eigenvalue weighted by Gasteiger charge is 2.16. The lowest BCUT2D eigenvalue weighted by Crippen LogP contribution is -2.23. The number of esters is 1. The van der Waals surface area contributed by atoms with E-state index >= 15 is 0 Å². The summed E-state index contributed by atoms with van der Waals surface area (Å²) in [6.07, 6.45) is 0.711. The second-order valence-electron chi connectivity index (χ2n) is 4.35. The molecule has 19 heavy (non-hydrogen) atoms. The van der Waals surface area contributed by atoms with Crippen molar-refractivity contribution in [1.82, 2.24) is 9.97 Å². The molecular formula is C13H17N3O3. The van der Waals surface area contributed by atoms with E-state index in [9.17, 15) is 9.59 Å². The maximum absolute atomic E-state index is 11.5. The highest BCUT2D eigenvalue weighted by molar-refractivity contribution is 5.79. The van der Waals surface area contributed by atoms with Crippen LogP contribution in [0.25, 0.3) is 11.0 Å². The molecule has 0 fully saturated rings. The van der Waals surface area contributed by atoms with Gasteiger partial charge in [-0.3, -0.25) is 4.79 Å². The zero-order chi connectivity index (χ0) is 13.8. The Kier molecular flexibility index (Phi) is 3.89. The number of hydrogen-bond donors (Lipinski definition) is 3. The van der Waals surface area contributed by atoms with Crippen LogP contribution in [0.4, 0.5) is 5.69 Å². The van der Waals surface area contributed by atoms with Crippen molar-refractivity contribution in [3.63, 3.8) is 0 Å². The molecule has 102 valence electrons. The molecule has 0 radical (unpaired) electrons. The summed E-state index contributed by atoms with van der Waals surface area (Å²) in [5.41, 5.74) is 2.12. The van der Waals surface area contributed by atoms with Crippen molar-refractivity contribution >= 4 is 22.7 Å². The maximum atomic E-state index is 11.5. The molecule has 2 rings (SSSR count). The molecule has 0 saturated carbocycles. The van der Waals surface area contributed by atoms with Gasteiger partial charge in [0, 0.05) is 12.2 Å². The van der Waals surface area contributed by atoms with Crippen LogP contribution < -0.4 is 11.0 Å². The normalized spacial score (nSPS) is 12.3. The summed E-state index contributed by atoms with van der Waals surface area (Å²) >= 11 is 0. The van der Waals surface area contributed by atoms with Crippen LogP contribution in [0.5, 0.6) is 0 Å². The van der Waals surface area contributed by atoms with Crippen molar-refractivity contribution in [1.29, 1.82) is 0 Å². The molecule has 0 aliphatic rings. The minimum atomic E-state index is -0.229. The minimum absolute atomic E-state index is 0.175. The van der Waals surface area contributed by atoms with Crippen molar-refractivity contribution in [3.8, 4) is 0 Å². The number of methoxy groups -OCH3 is 1. The van der Waals surface area contributed by atoms with Crippen molar-refractivity contribution in [2.45, 2.75) is 13.3 Å². The molecule has 6 nitrogen and oxygen atoms in total. The van der Waals surface area contributed by atoms with Crippen LogP contribution in [0.2, 0.25) is 0 Å². The summed E-state index contributed by atoms with van der Waals surface area (Å²) < 4.78 is 4.73. The quantitative estimate of drug-likeness (QED) is 0.713. The Hall–Kier alpha value is -2.24. The van der Waals surface area contributed by atoms with E-state index in [0.29, 0.717) is 13.0 Å². The fraction of sp³-hybridized carbons (Fsp3) is 0.385. The standard InChI is InChI=1S/C13H17N3O3/c1-3-8(12(17)19-2)7-14-9-4-5-10-11(6-9)16-13(18)15-10/h4-6,8,14H,3,7H2,1-2H3,(H2,15,16,18). The first-order valence-corrected chi connectivity index (χ1v) is 6.17. The number of carbonyl (C=O) groups excluding carboxylic acids is 1. The number of nitrogens with one attached hydrogen (secondary N) is 3. The average Bonchev–Trinajstić information content (AvgIpc) is 2.78. The van der Waals surface area contributed by atoms with E-state index in [1.807, 2.05) is 25.1 Å². The summed E-state index contributed by atoms with van der Waals surface area (Å²) in [6, 6.07) is 5.50. The highest BCUT2D eigenvalue weighted by Crippen LogP contribution is 2.15. The van der Waals surface area contributed by atoms with Gasteiger partial charge in [-0.25, -0.2) is 4.79 Å². The largest absolute Gasteiger partial charge is 0.469 e. The third kappa shape index (κ3) is 2.96. The molecule has 0 bridgehead atoms. The molecule has 1 unspecified atom stereocenters. The van der Waals surface area contributed by atoms with Gasteiger partial charge in [0.25, 0.3) is 0 Å². The van der Waals surface area contributed by atoms with Crippen LogP contribution in [0.1, 0.15) is 13.3 Å². The van der Waals surface area contributed by atoms with Crippen LogP contribution in [0.3, 0.4) is 0 Å². The van der Waals surface area contributed by atoms with E-state index in [1.54, 1.807) is 0 Å². The van der Waals surface area contributed by atoms with Gasteiger partial charge in [-0.1, -0.05) is 6.92 Å². The Bertz CT molecular complexity index is 629. The molecule has 0 saturated heterocycles. The van der Waals surface area contributed by atoms with Crippen molar-refractivity contribution in [3.05, 3.63) is 28.7 Å². The molecule has 1 aromatic heterocycles. The van der Waals surface area contributed by atoms with E-state index in [1.165, 1.54) is 7.11 Å². The zero-order valence-electron chi connectivity index (χ0n) is 10.9. The van der Waals surface area contributed by atoms with Crippen LogP contribution in [0.15, 0.2) is 23.0 Å². The number of aromatic amines is 2. The number of benzene rings is 1. The number of aromatic nitrogens is 2. The predicted molar refractivity (Wildman–Crippen MR) is 73.2 cm³/mol. The lowest BCUT2D eigenvalue weighted by molar-refractivity contribution is -0.145. The number of anilines is 1. The molecule has 1 aromatic carbocycles. The fourth-order valence-corrected chi connectivity index (χ4v) is 1.94. The van der Waals surface area contributed by atoms with Gasteiger partial charge in [0.15, 0.2) is 0 Å². The summed E-state index contributed by atoms with van der Waals surface area (Å²) in [4.78, 5) is 28.0. The van der Waals surface area contributed by atoms with Crippen molar-refractivity contribution < 1.29 is 9.53 Å². The first-order valence-electron chi connectivity index (χ1n) is 6.17. The van der Waals surface area contributed by atoms with Crippen molar-refractivity contribution in [2.24, 2.45) is 5.92 Å². The van der Waals surface area contributed by atoms with Gasteiger partial charge in [-0.05, 0) is 24.6 Å². The average molecular weight is 263 g/mol. The molecule has 0 amide bonds. The zero-order valence-corrected chi connectivity index (χ0v) is 10.9. The number of imidazole rings is 1. The molecule has 2 aromatic rings. The summed E-state index contributed by atoms with van der Waals surface area (Å²) in [6.45, 7) is 2.44. The van der Waals surface area contributed by atoms with Crippen LogP contribution in [0, 0.1) is 5.92 Å². The van der Waals surface area contributed by atoms with Gasteiger partial charge in [0.05, 0.1) is 24.1 Å². The lowest BCUT2D eigenvalue weighted by Gasteiger charge is -2.14. The predicted octanol–water partition coefficient (Wildman–Crippen LogP) is 1.47. The minimum Gasteiger partial charge on any atom is -0.469 e. The van der Waals surface area contributed by atoms with Crippen LogP contribution in [-0.2, 0) is 9.53 Å². The van der Waals surface area contributed by atoms with Gasteiger partial charge >= 0.3 is 11.7 Å². The Balaban J connectivity index is 2.08. The smallest absolute Gasteiger partial charge is 0.323 e. The molecule has 6 heteroatoms. The van der Waals surface area contributed by atoms with Gasteiger partial charge in [0.2, 0.25) is 0 Å². The first kappa shape index (κ1) is 13.2. The number of H-pyrrole nitrogens is 2. The molecule has 3 N–H and O–H groups in total. The molecule has 0 aliphatic carbocycles. The first-order chi connectivity index (χ1) is 9.13. The maximum Gasteiger partial charge on any atom is 0.323 e. The third-order valence-electron chi connectivity index (χ3n) is 3.10. The molecule has 1 heterocycles. The third-order valence-corrected chi connectivity index (χ3v) is 3.10. The number of rotatable bonds is 5. The van der Waals surface area contributed by atoms with Crippen LogP contribution >= 0.6 is 0 Å². The van der Waals surface area contributed by atoms with Gasteiger partial charge < -0.3 is 20.0 Å². The van der Waals surface area contributed by atoms with E-state index < -0.39 is 0 Å². The lowest BCUT2D eigenvalue weighted by atomic mass is 10.1. The molecule has 1 atom stereocenters. The Labute approximate surface area is 110 Å². The van der Waals surface area contributed by atoms with Crippen molar-refractivity contribution in [2.75, 3.05) is 19.0 Å². The monoisotopic (exact) mass is 263 g/mol. The van der Waals surface area contributed by atoms with E-state index in [0.717, 1.165) is 16.7 Å². The SMILES string of the molecule is CCC(CNc1ccc2[nH]c(=O)[nH]c2c1)C(=O)OC. The summed E-state index contributed by atoms with van der Waals surface area (Å²) in [7, 11) is 1.39. The molecular weight excluding hydrogens is 246 g/mol. The van der Waals surface area contributed by atoms with E-state index in [2.05, 4.69) is 15.3 Å². The second-order valence-corrected chi connectivity index (χ2v) is 4.35.